The predicted octanol–water partition coefficient (Wildman–Crippen LogP) is 3.96. The van der Waals surface area contributed by atoms with Crippen molar-refractivity contribution in [2.75, 3.05) is 32.8 Å². The number of Topliss-reactive ketones (excluding diaryl/α,β-unsaturated/α-hetero) is 1. The van der Waals surface area contributed by atoms with Crippen molar-refractivity contribution < 1.29 is 33.0 Å². The second-order valence-electron chi connectivity index (χ2n) is 9.06. The summed E-state index contributed by atoms with van der Waals surface area (Å²) in [6.07, 6.45) is 0.701. The van der Waals surface area contributed by atoms with Crippen molar-refractivity contribution in [1.82, 2.24) is 10.2 Å². The maximum atomic E-state index is 14.6. The van der Waals surface area contributed by atoms with Gasteiger partial charge in [0.1, 0.15) is 25.1 Å². The maximum absolute atomic E-state index is 14.6. The van der Waals surface area contributed by atoms with Crippen molar-refractivity contribution in [1.29, 1.82) is 0 Å². The van der Waals surface area contributed by atoms with Gasteiger partial charge in [0, 0.05) is 11.4 Å². The van der Waals surface area contributed by atoms with E-state index in [4.69, 9.17) is 9.47 Å². The topological polar surface area (TPSA) is 88.1 Å². The van der Waals surface area contributed by atoms with Gasteiger partial charge in [-0.05, 0) is 73.5 Å². The third-order valence-electron chi connectivity index (χ3n) is 6.48. The molecule has 37 heavy (non-hydrogen) atoms. The van der Waals surface area contributed by atoms with Crippen molar-refractivity contribution in [3.8, 4) is 21.9 Å². The number of thiophene rings is 1. The van der Waals surface area contributed by atoms with Gasteiger partial charge in [0.05, 0.1) is 10.9 Å². The number of nitrogens with one attached hydrogen (secondary N) is 1. The molecule has 2 aliphatic rings. The van der Waals surface area contributed by atoms with E-state index >= 15 is 0 Å². The first-order chi connectivity index (χ1) is 17.9. The number of aliphatic hydroxyl groups is 1. The van der Waals surface area contributed by atoms with Crippen LogP contribution in [-0.4, -0.2) is 60.6 Å². The predicted molar refractivity (Wildman–Crippen MR) is 134 cm³/mol. The monoisotopic (exact) mass is 528 g/mol. The van der Waals surface area contributed by atoms with Crippen LogP contribution in [-0.2, 0) is 4.79 Å². The third kappa shape index (κ3) is 5.66. The molecule has 1 fully saturated rings. The number of aliphatic hydroxyl groups excluding tert-OH is 1. The molecule has 3 heterocycles. The maximum Gasteiger partial charge on any atom is 0.293 e. The van der Waals surface area contributed by atoms with E-state index in [9.17, 15) is 23.5 Å². The van der Waals surface area contributed by atoms with Gasteiger partial charge in [-0.25, -0.2) is 8.78 Å². The zero-order valence-corrected chi connectivity index (χ0v) is 20.7. The second-order valence-corrected chi connectivity index (χ2v) is 10.1. The molecule has 2 aliphatic heterocycles. The molecule has 0 spiro atoms. The van der Waals surface area contributed by atoms with Gasteiger partial charge in [-0.15, -0.1) is 11.3 Å². The van der Waals surface area contributed by atoms with Crippen LogP contribution in [0.2, 0.25) is 0 Å². The quantitative estimate of drug-likeness (QED) is 0.340. The van der Waals surface area contributed by atoms with Gasteiger partial charge in [0.2, 0.25) is 0 Å². The highest BCUT2D eigenvalue weighted by Crippen LogP contribution is 2.36. The Morgan fingerprint density at radius 1 is 1.03 bits per heavy atom. The Kier molecular flexibility index (Phi) is 7.50. The molecule has 2 atom stereocenters. The van der Waals surface area contributed by atoms with E-state index in [1.54, 1.807) is 24.3 Å². The zero-order valence-electron chi connectivity index (χ0n) is 19.9. The van der Waals surface area contributed by atoms with Gasteiger partial charge < -0.3 is 24.8 Å². The van der Waals surface area contributed by atoms with Crippen LogP contribution < -0.4 is 14.8 Å². The second kappa shape index (κ2) is 11.0. The SMILES string of the molecule is O=C(N[C@H](CN1CCCC1)[C@H](O)c1cc(F)c2c(c1)OCCO2)C(=O)c1ccc(-c2ccc(F)cc2)s1. The summed E-state index contributed by atoms with van der Waals surface area (Å²) >= 11 is 1.12. The fraction of sp³-hybridized carbons (Fsp3) is 0.333. The van der Waals surface area contributed by atoms with Crippen LogP contribution in [0.3, 0.4) is 0 Å². The standard InChI is InChI=1S/C27H26F2N2O5S/c28-18-5-3-16(4-6-18)22-7-8-23(37-22)25(33)27(34)30-20(15-31-9-1-2-10-31)24(32)17-13-19(29)26-21(14-17)35-11-12-36-26/h3-8,13-14,20,24,32H,1-2,9-12,15H2,(H,30,34)/t20-,24-/m1/s1. The van der Waals surface area contributed by atoms with Crippen LogP contribution in [0.5, 0.6) is 11.5 Å². The van der Waals surface area contributed by atoms with E-state index in [0.717, 1.165) is 53.8 Å². The lowest BCUT2D eigenvalue weighted by atomic mass is 10.00. The van der Waals surface area contributed by atoms with Crippen LogP contribution in [0.15, 0.2) is 48.5 Å². The lowest BCUT2D eigenvalue weighted by Crippen LogP contribution is -2.48. The van der Waals surface area contributed by atoms with E-state index in [1.165, 1.54) is 18.2 Å². The van der Waals surface area contributed by atoms with Gasteiger partial charge in [-0.2, -0.15) is 0 Å². The van der Waals surface area contributed by atoms with E-state index in [0.29, 0.717) is 6.54 Å². The molecule has 1 aromatic heterocycles. The van der Waals surface area contributed by atoms with E-state index in [-0.39, 0.29) is 41.0 Å². The minimum absolute atomic E-state index is 0.00726. The summed E-state index contributed by atoms with van der Waals surface area (Å²) in [5, 5.41) is 13.9. The molecule has 7 nitrogen and oxygen atoms in total. The Morgan fingerprint density at radius 2 is 1.76 bits per heavy atom. The molecule has 1 saturated heterocycles. The highest BCUT2D eigenvalue weighted by atomic mass is 32.1. The van der Waals surface area contributed by atoms with E-state index in [1.807, 2.05) is 0 Å². The molecule has 1 amide bonds. The number of hydrogen-bond donors (Lipinski definition) is 2. The summed E-state index contributed by atoms with van der Waals surface area (Å²) in [6.45, 7) is 2.38. The molecule has 3 aromatic rings. The number of carbonyl (C=O) groups excluding carboxylic acids is 2. The Bertz CT molecular complexity index is 1290. The normalized spacial score (nSPS) is 16.8. The number of hydrogen-bond acceptors (Lipinski definition) is 7. The third-order valence-corrected chi connectivity index (χ3v) is 7.61. The highest BCUT2D eigenvalue weighted by Gasteiger charge is 2.31. The number of amides is 1. The van der Waals surface area contributed by atoms with Gasteiger partial charge in [0.25, 0.3) is 11.7 Å². The van der Waals surface area contributed by atoms with E-state index < -0.39 is 29.7 Å². The van der Waals surface area contributed by atoms with Crippen molar-refractivity contribution in [2.45, 2.75) is 25.0 Å². The smallest absolute Gasteiger partial charge is 0.293 e. The average Bonchev–Trinajstić information content (AvgIpc) is 3.60. The Morgan fingerprint density at radius 3 is 2.51 bits per heavy atom. The van der Waals surface area contributed by atoms with Crippen molar-refractivity contribution in [3.63, 3.8) is 0 Å². The molecule has 0 radical (unpaired) electrons. The molecule has 2 aromatic carbocycles. The molecule has 0 unspecified atom stereocenters. The number of halogens is 2. The summed E-state index contributed by atoms with van der Waals surface area (Å²) in [5.41, 5.74) is 0.947. The molecular formula is C27H26F2N2O5S. The first-order valence-electron chi connectivity index (χ1n) is 12.1. The lowest BCUT2D eigenvalue weighted by Gasteiger charge is -2.29. The Labute approximate surface area is 216 Å². The summed E-state index contributed by atoms with van der Waals surface area (Å²) in [5.74, 6) is -2.46. The van der Waals surface area contributed by atoms with Crippen LogP contribution in [0, 0.1) is 11.6 Å². The van der Waals surface area contributed by atoms with Crippen molar-refractivity contribution in [3.05, 3.63) is 70.6 Å². The van der Waals surface area contributed by atoms with Crippen LogP contribution in [0.1, 0.15) is 34.2 Å². The number of nitrogens with zero attached hydrogens (tertiary/aromatic N) is 1. The van der Waals surface area contributed by atoms with E-state index in [2.05, 4.69) is 10.2 Å². The van der Waals surface area contributed by atoms with Crippen molar-refractivity contribution >= 4 is 23.0 Å². The van der Waals surface area contributed by atoms with Crippen LogP contribution in [0.25, 0.3) is 10.4 Å². The van der Waals surface area contributed by atoms with Gasteiger partial charge in [-0.3, -0.25) is 9.59 Å². The Hall–Kier alpha value is -3.34. The number of ketones is 1. The molecule has 5 rings (SSSR count). The largest absolute Gasteiger partial charge is 0.486 e. The fourth-order valence-corrected chi connectivity index (χ4v) is 5.53. The Balaban J connectivity index is 1.34. The molecule has 10 heteroatoms. The minimum atomic E-state index is -1.29. The molecule has 0 saturated carbocycles. The summed E-state index contributed by atoms with van der Waals surface area (Å²) in [7, 11) is 0. The van der Waals surface area contributed by atoms with Gasteiger partial charge >= 0.3 is 0 Å². The summed E-state index contributed by atoms with van der Waals surface area (Å²) < 4.78 is 38.7. The lowest BCUT2D eigenvalue weighted by molar-refractivity contribution is -0.118. The van der Waals surface area contributed by atoms with Crippen LogP contribution in [0.4, 0.5) is 8.78 Å². The zero-order chi connectivity index (χ0) is 25.9. The number of benzene rings is 2. The minimum Gasteiger partial charge on any atom is -0.486 e. The molecule has 194 valence electrons. The molecular weight excluding hydrogens is 502 g/mol. The summed E-state index contributed by atoms with van der Waals surface area (Å²) in [4.78, 5) is 29.0. The summed E-state index contributed by atoms with van der Waals surface area (Å²) in [6, 6.07) is 10.9. The van der Waals surface area contributed by atoms with Crippen molar-refractivity contribution in [2.24, 2.45) is 0 Å². The number of ether oxygens (including phenoxy) is 2. The number of carbonyl (C=O) groups is 2. The first-order valence-corrected chi connectivity index (χ1v) is 12.9. The highest BCUT2D eigenvalue weighted by molar-refractivity contribution is 7.18. The fourth-order valence-electron chi connectivity index (χ4n) is 4.58. The average molecular weight is 529 g/mol. The molecule has 2 N–H and O–H groups in total. The van der Waals surface area contributed by atoms with Gasteiger partial charge in [-0.1, -0.05) is 12.1 Å². The van der Waals surface area contributed by atoms with Crippen LogP contribution >= 0.6 is 11.3 Å². The first kappa shape index (κ1) is 25.3. The number of rotatable bonds is 8. The number of likely N-dealkylation sites (tertiary alicyclic amines) is 1. The molecule has 0 aliphatic carbocycles. The number of fused-ring (bicyclic) bond motifs is 1. The van der Waals surface area contributed by atoms with Gasteiger partial charge in [0.15, 0.2) is 17.3 Å². The molecule has 0 bridgehead atoms.